The number of fused-ring (bicyclic) bond motifs is 1. The second kappa shape index (κ2) is 5.72. The number of nitrogens with two attached hydrogens (primary N) is 1. The molecule has 0 saturated heterocycles. The minimum absolute atomic E-state index is 0.0438. The molecule has 1 atom stereocenters. The molecule has 1 aliphatic heterocycles. The molecule has 114 valence electrons. The highest BCUT2D eigenvalue weighted by molar-refractivity contribution is 6.00. The Kier molecular flexibility index (Phi) is 3.75. The Morgan fingerprint density at radius 1 is 1.14 bits per heavy atom. The second-order valence-corrected chi connectivity index (χ2v) is 5.61. The van der Waals surface area contributed by atoms with E-state index in [4.69, 9.17) is 10.5 Å². The second-order valence-electron chi connectivity index (χ2n) is 5.61. The van der Waals surface area contributed by atoms with Gasteiger partial charge in [0.1, 0.15) is 5.75 Å². The predicted molar refractivity (Wildman–Crippen MR) is 88.2 cm³/mol. The molecule has 0 fully saturated rings. The van der Waals surface area contributed by atoms with Crippen molar-refractivity contribution in [3.63, 3.8) is 0 Å². The van der Waals surface area contributed by atoms with E-state index in [0.29, 0.717) is 17.9 Å². The van der Waals surface area contributed by atoms with E-state index in [0.717, 1.165) is 17.7 Å². The van der Waals surface area contributed by atoms with Gasteiger partial charge < -0.3 is 15.4 Å². The van der Waals surface area contributed by atoms with Crippen LogP contribution in [0.4, 0.5) is 11.4 Å². The van der Waals surface area contributed by atoms with Gasteiger partial charge in [-0.15, -0.1) is 0 Å². The summed E-state index contributed by atoms with van der Waals surface area (Å²) in [7, 11) is 1.76. The van der Waals surface area contributed by atoms with E-state index >= 15 is 0 Å². The Hall–Kier alpha value is -2.49. The number of carbonyl (C=O) groups is 1. The molecule has 3 rings (SSSR count). The molecule has 0 saturated carbocycles. The molecule has 0 aliphatic carbocycles. The van der Waals surface area contributed by atoms with Gasteiger partial charge in [-0.05, 0) is 35.7 Å². The molecule has 4 heteroatoms. The Morgan fingerprint density at radius 2 is 1.82 bits per heavy atom. The van der Waals surface area contributed by atoms with E-state index in [1.54, 1.807) is 24.1 Å². The predicted octanol–water partition coefficient (Wildman–Crippen LogP) is 2.80. The molecule has 0 aromatic heterocycles. The minimum atomic E-state index is -0.492. The first-order chi connectivity index (χ1) is 10.6. The van der Waals surface area contributed by atoms with Crippen LogP contribution in [0.5, 0.6) is 5.75 Å². The average molecular weight is 296 g/mol. The van der Waals surface area contributed by atoms with E-state index in [9.17, 15) is 4.79 Å². The van der Waals surface area contributed by atoms with Crippen molar-refractivity contribution in [2.45, 2.75) is 25.9 Å². The summed E-state index contributed by atoms with van der Waals surface area (Å²) in [5.41, 5.74) is 9.52. The van der Waals surface area contributed by atoms with E-state index in [-0.39, 0.29) is 5.91 Å². The standard InChI is InChI=1S/C18H20N2O2/c1-3-12-4-6-13(7-5-12)10-17-18(21)20(2)15-11-14(19)8-9-16(15)22-17/h4-9,11,17H,3,10,19H2,1-2H3. The van der Waals surface area contributed by atoms with Crippen molar-refractivity contribution >= 4 is 17.3 Å². The Labute approximate surface area is 130 Å². The van der Waals surface area contributed by atoms with E-state index in [1.165, 1.54) is 5.56 Å². The molecular weight excluding hydrogens is 276 g/mol. The van der Waals surface area contributed by atoms with Gasteiger partial charge >= 0.3 is 0 Å². The van der Waals surface area contributed by atoms with Crippen LogP contribution in [0.2, 0.25) is 0 Å². The van der Waals surface area contributed by atoms with Crippen LogP contribution in [0.25, 0.3) is 0 Å². The van der Waals surface area contributed by atoms with Crippen molar-refractivity contribution in [2.75, 3.05) is 17.7 Å². The fourth-order valence-corrected chi connectivity index (χ4v) is 2.69. The molecule has 0 spiro atoms. The highest BCUT2D eigenvalue weighted by Gasteiger charge is 2.32. The van der Waals surface area contributed by atoms with Gasteiger partial charge in [0.15, 0.2) is 6.10 Å². The molecular formula is C18H20N2O2. The van der Waals surface area contributed by atoms with Crippen molar-refractivity contribution in [1.29, 1.82) is 0 Å². The van der Waals surface area contributed by atoms with Crippen molar-refractivity contribution in [3.8, 4) is 5.75 Å². The molecule has 1 aliphatic rings. The summed E-state index contributed by atoms with van der Waals surface area (Å²) in [5.74, 6) is 0.657. The molecule has 2 aromatic carbocycles. The van der Waals surface area contributed by atoms with Crippen LogP contribution in [0.15, 0.2) is 42.5 Å². The van der Waals surface area contributed by atoms with Gasteiger partial charge in [0.05, 0.1) is 5.69 Å². The summed E-state index contributed by atoms with van der Waals surface area (Å²) in [6.45, 7) is 2.13. The number of carbonyl (C=O) groups excluding carboxylic acids is 1. The maximum absolute atomic E-state index is 12.5. The van der Waals surface area contributed by atoms with Crippen LogP contribution in [-0.2, 0) is 17.6 Å². The van der Waals surface area contributed by atoms with Crippen LogP contribution in [0.3, 0.4) is 0 Å². The number of nitrogen functional groups attached to an aromatic ring is 1. The lowest BCUT2D eigenvalue weighted by atomic mass is 10.0. The van der Waals surface area contributed by atoms with Crippen molar-refractivity contribution < 1.29 is 9.53 Å². The quantitative estimate of drug-likeness (QED) is 0.886. The zero-order valence-electron chi connectivity index (χ0n) is 12.9. The first-order valence-corrected chi connectivity index (χ1v) is 7.50. The van der Waals surface area contributed by atoms with Gasteiger partial charge in [0.25, 0.3) is 5.91 Å². The van der Waals surface area contributed by atoms with Gasteiger partial charge in [-0.1, -0.05) is 31.2 Å². The van der Waals surface area contributed by atoms with E-state index in [2.05, 4.69) is 31.2 Å². The van der Waals surface area contributed by atoms with Crippen LogP contribution in [0.1, 0.15) is 18.1 Å². The van der Waals surface area contributed by atoms with Crippen molar-refractivity contribution in [2.24, 2.45) is 0 Å². The molecule has 1 amide bonds. The number of likely N-dealkylation sites (N-methyl/N-ethyl adjacent to an activating group) is 1. The van der Waals surface area contributed by atoms with E-state index < -0.39 is 6.10 Å². The lowest BCUT2D eigenvalue weighted by Gasteiger charge is -2.32. The summed E-state index contributed by atoms with van der Waals surface area (Å²) in [6, 6.07) is 13.7. The zero-order chi connectivity index (χ0) is 15.7. The van der Waals surface area contributed by atoms with E-state index in [1.807, 2.05) is 6.07 Å². The summed E-state index contributed by atoms with van der Waals surface area (Å²) < 4.78 is 5.88. The van der Waals surface area contributed by atoms with Gasteiger partial charge in [-0.2, -0.15) is 0 Å². The van der Waals surface area contributed by atoms with Gasteiger partial charge in [-0.25, -0.2) is 0 Å². The number of hydrogen-bond acceptors (Lipinski definition) is 3. The lowest BCUT2D eigenvalue weighted by Crippen LogP contribution is -2.44. The number of amides is 1. The van der Waals surface area contributed by atoms with Gasteiger partial charge in [0, 0.05) is 19.2 Å². The number of aryl methyl sites for hydroxylation is 1. The highest BCUT2D eigenvalue weighted by Crippen LogP contribution is 2.35. The van der Waals surface area contributed by atoms with Gasteiger partial charge in [0.2, 0.25) is 0 Å². The fraction of sp³-hybridized carbons (Fsp3) is 0.278. The van der Waals surface area contributed by atoms with Crippen LogP contribution in [0, 0.1) is 0 Å². The number of anilines is 2. The summed E-state index contributed by atoms with van der Waals surface area (Å²) in [6.07, 6.45) is 1.09. The Morgan fingerprint density at radius 3 is 2.50 bits per heavy atom. The van der Waals surface area contributed by atoms with Crippen LogP contribution < -0.4 is 15.4 Å². The highest BCUT2D eigenvalue weighted by atomic mass is 16.5. The fourth-order valence-electron chi connectivity index (χ4n) is 2.69. The Bertz CT molecular complexity index is 695. The SMILES string of the molecule is CCc1ccc(CC2Oc3ccc(N)cc3N(C)C2=O)cc1. The summed E-state index contributed by atoms with van der Waals surface area (Å²) in [4.78, 5) is 14.1. The number of ether oxygens (including phenoxy) is 1. The third kappa shape index (κ3) is 2.64. The number of rotatable bonds is 3. The van der Waals surface area contributed by atoms with Crippen LogP contribution in [-0.4, -0.2) is 19.1 Å². The largest absolute Gasteiger partial charge is 0.478 e. The van der Waals surface area contributed by atoms with Crippen molar-refractivity contribution in [3.05, 3.63) is 53.6 Å². The third-order valence-electron chi connectivity index (χ3n) is 4.07. The first-order valence-electron chi connectivity index (χ1n) is 7.50. The molecule has 2 N–H and O–H groups in total. The molecule has 0 bridgehead atoms. The maximum atomic E-state index is 12.5. The molecule has 4 nitrogen and oxygen atoms in total. The Balaban J connectivity index is 1.83. The van der Waals surface area contributed by atoms with Gasteiger partial charge in [-0.3, -0.25) is 4.79 Å². The normalized spacial score (nSPS) is 17.1. The smallest absolute Gasteiger partial charge is 0.268 e. The maximum Gasteiger partial charge on any atom is 0.268 e. The topological polar surface area (TPSA) is 55.6 Å². The molecule has 0 radical (unpaired) electrons. The monoisotopic (exact) mass is 296 g/mol. The molecule has 22 heavy (non-hydrogen) atoms. The number of nitrogens with zero attached hydrogens (tertiary/aromatic N) is 1. The third-order valence-corrected chi connectivity index (χ3v) is 4.07. The van der Waals surface area contributed by atoms with Crippen molar-refractivity contribution in [1.82, 2.24) is 0 Å². The molecule has 2 aromatic rings. The lowest BCUT2D eigenvalue weighted by molar-refractivity contribution is -0.125. The summed E-state index contributed by atoms with van der Waals surface area (Å²) in [5, 5.41) is 0. The number of benzene rings is 2. The average Bonchev–Trinajstić information content (AvgIpc) is 2.54. The zero-order valence-corrected chi connectivity index (χ0v) is 12.9. The number of hydrogen-bond donors (Lipinski definition) is 1. The van der Waals surface area contributed by atoms with Crippen LogP contribution >= 0.6 is 0 Å². The first kappa shape index (κ1) is 14.4. The molecule has 1 heterocycles. The minimum Gasteiger partial charge on any atom is -0.478 e. The summed E-state index contributed by atoms with van der Waals surface area (Å²) >= 11 is 0. The molecule has 1 unspecified atom stereocenters.